The van der Waals surface area contributed by atoms with E-state index in [9.17, 15) is 0 Å². The van der Waals surface area contributed by atoms with Crippen LogP contribution in [-0.2, 0) is 0 Å². The number of hydrogen-bond acceptors (Lipinski definition) is 2. The SMILES string of the molecule is [3H][N+]([3H])([3H])c1ncc(C(C)C)o1. The molecule has 0 atom stereocenters. The summed E-state index contributed by atoms with van der Waals surface area (Å²) in [5.74, 6) is 0.761. The second-order valence-corrected chi connectivity index (χ2v) is 2.20. The van der Waals surface area contributed by atoms with E-state index >= 15 is 0 Å². The highest BCUT2D eigenvalue weighted by atomic mass is 16.4. The fourth-order valence-corrected chi connectivity index (χ4v) is 0.544. The number of aromatic nitrogens is 1. The van der Waals surface area contributed by atoms with Crippen molar-refractivity contribution in [3.8, 4) is 0 Å². The Morgan fingerprint density at radius 1 is 1.89 bits per heavy atom. The molecule has 1 aromatic rings. The van der Waals surface area contributed by atoms with Gasteiger partial charge in [-0.2, -0.15) is 4.98 Å². The third-order valence-electron chi connectivity index (χ3n) is 1.08. The molecule has 3 N–H and O–H groups in total. The van der Waals surface area contributed by atoms with Crippen LogP contribution in [0.5, 0.6) is 0 Å². The Hall–Kier alpha value is -0.830. The van der Waals surface area contributed by atoms with Crippen LogP contribution in [0.25, 0.3) is 0 Å². The van der Waals surface area contributed by atoms with E-state index in [2.05, 4.69) is 4.98 Å². The minimum atomic E-state index is -1.62. The van der Waals surface area contributed by atoms with Crippen molar-refractivity contribution in [3.05, 3.63) is 12.0 Å². The van der Waals surface area contributed by atoms with Crippen molar-refractivity contribution < 1.29 is 14.4 Å². The molecular formula is C6H11N2O+. The Balaban J connectivity index is 2.92. The Kier molecular flexibility index (Phi) is 0.818. The molecule has 1 aromatic heterocycles. The summed E-state index contributed by atoms with van der Waals surface area (Å²) in [6, 6.07) is -0.237. The van der Waals surface area contributed by atoms with Gasteiger partial charge in [-0.05, 0) is 0 Å². The first-order chi connectivity index (χ1) is 5.41. The van der Waals surface area contributed by atoms with Crippen LogP contribution in [0, 0.1) is 0 Å². The maximum atomic E-state index is 6.94. The van der Waals surface area contributed by atoms with E-state index in [1.165, 1.54) is 6.20 Å². The first-order valence-electron chi connectivity index (χ1n) is 4.19. The molecule has 0 spiro atoms. The van der Waals surface area contributed by atoms with E-state index in [1.807, 2.05) is 13.8 Å². The smallest absolute Gasteiger partial charge is 0.399 e. The first-order valence-corrected chi connectivity index (χ1v) is 2.85. The average molecular weight is 133 g/mol. The zero-order valence-corrected chi connectivity index (χ0v) is 5.46. The molecule has 50 valence electrons. The van der Waals surface area contributed by atoms with E-state index in [-0.39, 0.29) is 11.9 Å². The zero-order valence-electron chi connectivity index (χ0n) is 8.46. The Labute approximate surface area is 58.3 Å². The van der Waals surface area contributed by atoms with Crippen molar-refractivity contribution in [1.29, 1.82) is 0 Å². The lowest BCUT2D eigenvalue weighted by Crippen LogP contribution is -2.40. The Morgan fingerprint density at radius 2 is 2.67 bits per heavy atom. The van der Waals surface area contributed by atoms with Gasteiger partial charge in [0.05, 0.1) is 6.20 Å². The Bertz CT molecular complexity index is 266. The zero-order chi connectivity index (χ0) is 9.35. The van der Waals surface area contributed by atoms with Crippen LogP contribution in [0.15, 0.2) is 10.6 Å². The fourth-order valence-electron chi connectivity index (χ4n) is 0.544. The second kappa shape index (κ2) is 2.19. The number of nitrogens with zero attached hydrogens (tertiary/aromatic N) is 1. The molecule has 0 amide bonds. The number of rotatable bonds is 2. The van der Waals surface area contributed by atoms with Crippen molar-refractivity contribution in [1.82, 2.24) is 4.98 Å². The topological polar surface area (TPSA) is 53.7 Å². The predicted octanol–water partition coefficient (Wildman–Crippen LogP) is 0.671. The average Bonchev–Trinajstić information content (AvgIpc) is 2.30. The van der Waals surface area contributed by atoms with Gasteiger partial charge in [0.2, 0.25) is 0 Å². The van der Waals surface area contributed by atoms with E-state index in [0.717, 1.165) is 0 Å². The van der Waals surface area contributed by atoms with Gasteiger partial charge in [0.1, 0.15) is 5.76 Å². The molecule has 0 saturated carbocycles. The van der Waals surface area contributed by atoms with Crippen LogP contribution >= 0.6 is 0 Å². The van der Waals surface area contributed by atoms with Gasteiger partial charge in [0.25, 0.3) is 0 Å². The van der Waals surface area contributed by atoms with Gasteiger partial charge in [0, 0.05) is 5.92 Å². The molecule has 1 heterocycles. The largest absolute Gasteiger partial charge is 0.400 e. The molecule has 0 radical (unpaired) electrons. The summed E-state index contributed by atoms with van der Waals surface area (Å²) in [7, 11) is 0. The minimum Gasteiger partial charge on any atom is -0.400 e. The van der Waals surface area contributed by atoms with Crippen molar-refractivity contribution in [2.75, 3.05) is 0 Å². The summed E-state index contributed by atoms with van der Waals surface area (Å²) in [5, 5.41) is 0. The predicted molar refractivity (Wildman–Crippen MR) is 33.1 cm³/mol. The van der Waals surface area contributed by atoms with Crippen molar-refractivity contribution >= 4 is 6.01 Å². The molecule has 0 fully saturated rings. The summed E-state index contributed by atoms with van der Waals surface area (Å²) in [5.41, 5.74) is -1.62. The summed E-state index contributed by atoms with van der Waals surface area (Å²) < 4.78 is 25.8. The van der Waals surface area contributed by atoms with E-state index in [0.29, 0.717) is 5.76 Å². The summed E-state index contributed by atoms with van der Waals surface area (Å²) in [6.07, 6.45) is 1.45. The monoisotopic (exact) mass is 133 g/mol. The highest BCUT2D eigenvalue weighted by molar-refractivity contribution is 5.03. The number of oxazole rings is 1. The highest BCUT2D eigenvalue weighted by Gasteiger charge is 2.05. The molecule has 9 heavy (non-hydrogen) atoms. The molecule has 0 bridgehead atoms. The van der Waals surface area contributed by atoms with Gasteiger partial charge in [-0.15, -0.1) is 0 Å². The number of quaternary nitrogens is 1. The highest BCUT2D eigenvalue weighted by Crippen LogP contribution is 2.14. The van der Waals surface area contributed by atoms with Gasteiger partial charge in [-0.25, -0.2) is 0 Å². The van der Waals surface area contributed by atoms with Gasteiger partial charge in [-0.1, -0.05) is 13.8 Å². The maximum Gasteiger partial charge on any atom is 0.399 e. The van der Waals surface area contributed by atoms with Crippen LogP contribution < -0.4 is 5.71 Å². The lowest BCUT2D eigenvalue weighted by atomic mass is 10.2. The minimum absolute atomic E-state index is 0.165. The van der Waals surface area contributed by atoms with Crippen LogP contribution in [0.3, 0.4) is 0 Å². The third-order valence-corrected chi connectivity index (χ3v) is 1.08. The quantitative estimate of drug-likeness (QED) is 0.644. The van der Waals surface area contributed by atoms with E-state index < -0.39 is 5.71 Å². The third kappa shape index (κ3) is 1.29. The molecule has 0 saturated heterocycles. The fraction of sp³-hybridized carbons (Fsp3) is 0.500. The van der Waals surface area contributed by atoms with Crippen molar-refractivity contribution in [2.24, 2.45) is 0 Å². The molecule has 0 aliphatic rings. The normalized spacial score (nSPS) is 17.0. The van der Waals surface area contributed by atoms with Crippen molar-refractivity contribution in [2.45, 2.75) is 19.8 Å². The van der Waals surface area contributed by atoms with Crippen LogP contribution in [0.4, 0.5) is 6.01 Å². The summed E-state index contributed by atoms with van der Waals surface area (Å²) in [4.78, 5) is 3.65. The Morgan fingerprint density at radius 3 is 3.00 bits per heavy atom. The van der Waals surface area contributed by atoms with Gasteiger partial charge in [-0.3, -0.25) is 5.71 Å². The molecule has 3 heteroatoms. The van der Waals surface area contributed by atoms with Gasteiger partial charge in [0.15, 0.2) is 0 Å². The van der Waals surface area contributed by atoms with Crippen LogP contribution in [0.1, 0.15) is 25.5 Å². The lowest BCUT2D eigenvalue weighted by Gasteiger charge is -1.93. The number of hydrogen-bond donors (Lipinski definition) is 1. The molecule has 0 aromatic carbocycles. The second-order valence-electron chi connectivity index (χ2n) is 2.20. The standard InChI is InChI=1S/C6H10N2O/c1-4(2)5-3-8-6(7)9-5/h3-4H,1-2H3,(H2,7,8)/p+1/i/hT3. The van der Waals surface area contributed by atoms with Gasteiger partial charge >= 0.3 is 10.3 Å². The molecule has 1 rings (SSSR count). The van der Waals surface area contributed by atoms with Crippen LogP contribution in [-0.4, -0.2) is 4.98 Å². The lowest BCUT2D eigenvalue weighted by molar-refractivity contribution is -0.285. The molecular weight excluding hydrogens is 116 g/mol. The van der Waals surface area contributed by atoms with E-state index in [1.54, 1.807) is 0 Å². The summed E-state index contributed by atoms with van der Waals surface area (Å²) in [6.45, 7) is 3.83. The van der Waals surface area contributed by atoms with Crippen molar-refractivity contribution in [3.63, 3.8) is 0 Å². The molecule has 0 aliphatic heterocycles. The molecule has 3 nitrogen and oxygen atoms in total. The van der Waals surface area contributed by atoms with E-state index in [4.69, 9.17) is 8.65 Å². The first kappa shape index (κ1) is 3.37. The molecule has 0 aliphatic carbocycles. The maximum absolute atomic E-state index is 6.94. The summed E-state index contributed by atoms with van der Waals surface area (Å²) >= 11 is 0. The van der Waals surface area contributed by atoms with Gasteiger partial charge < -0.3 is 4.42 Å². The molecule has 0 unspecified atom stereocenters. The van der Waals surface area contributed by atoms with Crippen LogP contribution in [0.2, 0.25) is 4.24 Å².